The van der Waals surface area contributed by atoms with Gasteiger partial charge in [0.2, 0.25) is 10.0 Å². The Kier molecular flexibility index (Phi) is 4.83. The first kappa shape index (κ1) is 16.2. The van der Waals surface area contributed by atoms with E-state index in [1.54, 1.807) is 13.8 Å². The number of hydrogen-bond donors (Lipinski definition) is 3. The molecule has 8 heteroatoms. The lowest BCUT2D eigenvalue weighted by atomic mass is 10.1. The molecule has 1 aromatic rings. The molecule has 0 saturated heterocycles. The minimum absolute atomic E-state index is 0.0720. The van der Waals surface area contributed by atoms with Crippen LogP contribution in [0.5, 0.6) is 5.75 Å². The van der Waals surface area contributed by atoms with Gasteiger partial charge in [-0.2, -0.15) is 0 Å². The van der Waals surface area contributed by atoms with Crippen LogP contribution in [0.3, 0.4) is 0 Å². The predicted molar refractivity (Wildman–Crippen MR) is 76.6 cm³/mol. The number of methoxy groups -OCH3 is 1. The standard InChI is InChI=1S/C11H17BrN2O4S/c1-11(2,6-15)14-19(16,17)10-5-8(13)7(12)4-9(10)18-3/h4-5,14-15H,6,13H2,1-3H3. The molecule has 4 N–H and O–H groups in total. The molecule has 0 amide bonds. The Morgan fingerprint density at radius 3 is 2.53 bits per heavy atom. The van der Waals surface area contributed by atoms with E-state index in [0.717, 1.165) is 0 Å². The fourth-order valence-corrected chi connectivity index (χ4v) is 3.28. The predicted octanol–water partition coefficient (Wildman–Crippen LogP) is 1.09. The summed E-state index contributed by atoms with van der Waals surface area (Å²) in [7, 11) is -2.48. The van der Waals surface area contributed by atoms with Gasteiger partial charge in [-0.15, -0.1) is 0 Å². The quantitative estimate of drug-likeness (QED) is 0.688. The van der Waals surface area contributed by atoms with Gasteiger partial charge in [-0.05, 0) is 41.9 Å². The van der Waals surface area contributed by atoms with Gasteiger partial charge in [-0.3, -0.25) is 0 Å². The number of benzene rings is 1. The van der Waals surface area contributed by atoms with E-state index in [9.17, 15) is 8.42 Å². The summed E-state index contributed by atoms with van der Waals surface area (Å²) in [6.07, 6.45) is 0. The second-order valence-electron chi connectivity index (χ2n) is 4.67. The first-order chi connectivity index (χ1) is 8.63. The molecule has 0 aliphatic heterocycles. The summed E-state index contributed by atoms with van der Waals surface area (Å²) >= 11 is 3.20. The second-order valence-corrected chi connectivity index (χ2v) is 7.18. The maximum absolute atomic E-state index is 12.3. The van der Waals surface area contributed by atoms with Crippen LogP contribution < -0.4 is 15.2 Å². The number of aliphatic hydroxyl groups excluding tert-OH is 1. The number of anilines is 1. The van der Waals surface area contributed by atoms with Crippen molar-refractivity contribution in [3.05, 3.63) is 16.6 Å². The van der Waals surface area contributed by atoms with E-state index in [0.29, 0.717) is 4.47 Å². The number of halogens is 1. The summed E-state index contributed by atoms with van der Waals surface area (Å²) in [5.41, 5.74) is 4.99. The molecule has 0 unspecified atom stereocenters. The molecule has 6 nitrogen and oxygen atoms in total. The SMILES string of the molecule is COc1cc(Br)c(N)cc1S(=O)(=O)NC(C)(C)CO. The number of sulfonamides is 1. The molecule has 19 heavy (non-hydrogen) atoms. The van der Waals surface area contributed by atoms with E-state index in [1.807, 2.05) is 0 Å². The lowest BCUT2D eigenvalue weighted by Gasteiger charge is -2.24. The normalized spacial score (nSPS) is 12.5. The molecule has 0 aromatic heterocycles. The molecule has 108 valence electrons. The minimum Gasteiger partial charge on any atom is -0.495 e. The Balaban J connectivity index is 3.32. The van der Waals surface area contributed by atoms with E-state index in [4.69, 9.17) is 15.6 Å². The third-order valence-electron chi connectivity index (χ3n) is 2.38. The van der Waals surface area contributed by atoms with Crippen molar-refractivity contribution in [2.45, 2.75) is 24.3 Å². The Labute approximate surface area is 121 Å². The largest absolute Gasteiger partial charge is 0.495 e. The van der Waals surface area contributed by atoms with Crippen LogP contribution in [0.15, 0.2) is 21.5 Å². The lowest BCUT2D eigenvalue weighted by Crippen LogP contribution is -2.46. The van der Waals surface area contributed by atoms with Crippen molar-refractivity contribution in [1.82, 2.24) is 4.72 Å². The first-order valence-electron chi connectivity index (χ1n) is 5.41. The summed E-state index contributed by atoms with van der Waals surface area (Å²) in [6.45, 7) is 2.80. The number of nitrogens with one attached hydrogen (secondary N) is 1. The molecule has 0 heterocycles. The van der Waals surface area contributed by atoms with Crippen LogP contribution in [0.1, 0.15) is 13.8 Å². The van der Waals surface area contributed by atoms with Gasteiger partial charge in [-0.1, -0.05) is 0 Å². The van der Waals surface area contributed by atoms with Crippen LogP contribution >= 0.6 is 15.9 Å². The Hall–Kier alpha value is -0.830. The highest BCUT2D eigenvalue weighted by Gasteiger charge is 2.28. The van der Waals surface area contributed by atoms with Gasteiger partial charge in [0, 0.05) is 10.2 Å². The summed E-state index contributed by atoms with van der Waals surface area (Å²) < 4.78 is 32.5. The second kappa shape index (κ2) is 5.66. The number of nitrogens with two attached hydrogens (primary N) is 1. The number of nitrogen functional groups attached to an aromatic ring is 1. The maximum atomic E-state index is 12.3. The van der Waals surface area contributed by atoms with E-state index in [1.165, 1.54) is 19.2 Å². The zero-order valence-electron chi connectivity index (χ0n) is 10.9. The van der Waals surface area contributed by atoms with Gasteiger partial charge in [0.15, 0.2) is 0 Å². The van der Waals surface area contributed by atoms with Crippen LogP contribution in [0.25, 0.3) is 0 Å². The maximum Gasteiger partial charge on any atom is 0.244 e. The topological polar surface area (TPSA) is 102 Å². The van der Waals surface area contributed by atoms with Crippen molar-refractivity contribution in [3.8, 4) is 5.75 Å². The zero-order chi connectivity index (χ0) is 14.8. The third kappa shape index (κ3) is 3.82. The molecule has 0 aliphatic carbocycles. The molecule has 0 spiro atoms. The molecule has 0 fully saturated rings. The molecule has 0 radical (unpaired) electrons. The van der Waals surface area contributed by atoms with Gasteiger partial charge in [-0.25, -0.2) is 13.1 Å². The van der Waals surface area contributed by atoms with E-state index in [2.05, 4.69) is 20.7 Å². The van der Waals surface area contributed by atoms with Crippen LogP contribution in [0.2, 0.25) is 0 Å². The van der Waals surface area contributed by atoms with E-state index in [-0.39, 0.29) is 22.9 Å². The van der Waals surface area contributed by atoms with Crippen LogP contribution in [-0.4, -0.2) is 32.8 Å². The van der Waals surface area contributed by atoms with Crippen molar-refractivity contribution in [2.75, 3.05) is 19.5 Å². The van der Waals surface area contributed by atoms with Gasteiger partial charge >= 0.3 is 0 Å². The van der Waals surface area contributed by atoms with Crippen molar-refractivity contribution in [3.63, 3.8) is 0 Å². The molecule has 0 aliphatic rings. The van der Waals surface area contributed by atoms with E-state index < -0.39 is 15.6 Å². The fraction of sp³-hybridized carbons (Fsp3) is 0.455. The summed E-state index contributed by atoms with van der Waals surface area (Å²) in [6, 6.07) is 2.79. The number of rotatable bonds is 5. The van der Waals surface area contributed by atoms with Crippen molar-refractivity contribution < 1.29 is 18.3 Å². The van der Waals surface area contributed by atoms with Gasteiger partial charge in [0.1, 0.15) is 10.6 Å². The Morgan fingerprint density at radius 2 is 2.05 bits per heavy atom. The van der Waals surface area contributed by atoms with Crippen molar-refractivity contribution in [2.24, 2.45) is 0 Å². The Morgan fingerprint density at radius 1 is 1.47 bits per heavy atom. The highest BCUT2D eigenvalue weighted by atomic mass is 79.9. The number of ether oxygens (including phenoxy) is 1. The van der Waals surface area contributed by atoms with Crippen molar-refractivity contribution >= 4 is 31.6 Å². The molecular weight excluding hydrogens is 336 g/mol. The van der Waals surface area contributed by atoms with Crippen LogP contribution in [-0.2, 0) is 10.0 Å². The zero-order valence-corrected chi connectivity index (χ0v) is 13.3. The Bertz CT molecular complexity index is 572. The third-order valence-corrected chi connectivity index (χ3v) is 4.78. The van der Waals surface area contributed by atoms with Crippen molar-refractivity contribution in [1.29, 1.82) is 0 Å². The highest BCUT2D eigenvalue weighted by molar-refractivity contribution is 9.10. The highest BCUT2D eigenvalue weighted by Crippen LogP contribution is 2.32. The van der Waals surface area contributed by atoms with Crippen LogP contribution in [0.4, 0.5) is 5.69 Å². The summed E-state index contributed by atoms with van der Waals surface area (Å²) in [4.78, 5) is -0.0720. The molecule has 0 bridgehead atoms. The monoisotopic (exact) mass is 352 g/mol. The average molecular weight is 353 g/mol. The average Bonchev–Trinajstić information content (AvgIpc) is 2.30. The first-order valence-corrected chi connectivity index (χ1v) is 7.68. The number of hydrogen-bond acceptors (Lipinski definition) is 5. The van der Waals surface area contributed by atoms with Gasteiger partial charge in [0.25, 0.3) is 0 Å². The van der Waals surface area contributed by atoms with Gasteiger partial charge < -0.3 is 15.6 Å². The van der Waals surface area contributed by atoms with Crippen LogP contribution in [0, 0.1) is 0 Å². The minimum atomic E-state index is -3.85. The molecule has 1 aromatic carbocycles. The smallest absolute Gasteiger partial charge is 0.244 e. The molecule has 1 rings (SSSR count). The lowest BCUT2D eigenvalue weighted by molar-refractivity contribution is 0.208. The molecule has 0 saturated carbocycles. The summed E-state index contributed by atoms with van der Waals surface area (Å²) in [5, 5.41) is 9.14. The molecular formula is C11H17BrN2O4S. The summed E-state index contributed by atoms with van der Waals surface area (Å²) in [5.74, 6) is 0.169. The molecule has 0 atom stereocenters. The fourth-order valence-electron chi connectivity index (χ4n) is 1.37. The van der Waals surface area contributed by atoms with E-state index >= 15 is 0 Å². The van der Waals surface area contributed by atoms with Gasteiger partial charge in [0.05, 0.1) is 19.3 Å². The number of aliphatic hydroxyl groups is 1.